The lowest BCUT2D eigenvalue weighted by Crippen LogP contribution is -2.44. The fraction of sp³-hybridized carbons (Fsp3) is 0.500. The molecule has 0 aliphatic heterocycles. The molecular formula is C16H24N2O5S. The fourth-order valence-corrected chi connectivity index (χ4v) is 2.49. The standard InChI is InChI=1S/C16H24N2O5S/c1-16(21,7-8-24-4)10-17-14(19)15(20)18-12-6-5-11(22-2)9-13(12)23-3/h5-6,9,21H,7-8,10H2,1-4H3,(H,17,19)(H,18,20). The normalized spacial score (nSPS) is 12.9. The van der Waals surface area contributed by atoms with Crippen LogP contribution in [-0.4, -0.2) is 55.3 Å². The van der Waals surface area contributed by atoms with Crippen molar-refractivity contribution in [3.63, 3.8) is 0 Å². The van der Waals surface area contributed by atoms with Crippen LogP contribution in [0.1, 0.15) is 13.3 Å². The van der Waals surface area contributed by atoms with Crippen LogP contribution in [-0.2, 0) is 9.59 Å². The number of ether oxygens (including phenoxy) is 2. The summed E-state index contributed by atoms with van der Waals surface area (Å²) in [5, 5.41) is 15.0. The molecule has 0 bridgehead atoms. The molecule has 0 radical (unpaired) electrons. The molecule has 1 unspecified atom stereocenters. The summed E-state index contributed by atoms with van der Waals surface area (Å²) in [6.45, 7) is 1.62. The Labute approximate surface area is 146 Å². The van der Waals surface area contributed by atoms with Crippen LogP contribution >= 0.6 is 11.8 Å². The Morgan fingerprint density at radius 1 is 1.25 bits per heavy atom. The zero-order valence-corrected chi connectivity index (χ0v) is 15.2. The van der Waals surface area contributed by atoms with E-state index >= 15 is 0 Å². The minimum Gasteiger partial charge on any atom is -0.497 e. The monoisotopic (exact) mass is 356 g/mol. The summed E-state index contributed by atoms with van der Waals surface area (Å²) >= 11 is 1.60. The van der Waals surface area contributed by atoms with Crippen molar-refractivity contribution in [3.8, 4) is 11.5 Å². The average Bonchev–Trinajstić information content (AvgIpc) is 2.58. The molecule has 1 aromatic rings. The fourth-order valence-electron chi connectivity index (χ4n) is 1.84. The molecule has 1 rings (SSSR count). The lowest BCUT2D eigenvalue weighted by Gasteiger charge is -2.23. The summed E-state index contributed by atoms with van der Waals surface area (Å²) in [5.41, 5.74) is -0.705. The highest BCUT2D eigenvalue weighted by Crippen LogP contribution is 2.28. The summed E-state index contributed by atoms with van der Waals surface area (Å²) in [7, 11) is 2.97. The van der Waals surface area contributed by atoms with E-state index in [0.717, 1.165) is 5.75 Å². The van der Waals surface area contributed by atoms with Crippen molar-refractivity contribution in [2.45, 2.75) is 18.9 Å². The van der Waals surface area contributed by atoms with Crippen LogP contribution in [0.2, 0.25) is 0 Å². The van der Waals surface area contributed by atoms with Crippen LogP contribution in [0.3, 0.4) is 0 Å². The molecule has 0 aliphatic carbocycles. The van der Waals surface area contributed by atoms with Crippen molar-refractivity contribution >= 4 is 29.3 Å². The molecule has 7 nitrogen and oxygen atoms in total. The van der Waals surface area contributed by atoms with Gasteiger partial charge in [-0.2, -0.15) is 11.8 Å². The maximum atomic E-state index is 12.0. The second-order valence-electron chi connectivity index (χ2n) is 5.44. The third-order valence-electron chi connectivity index (χ3n) is 3.34. The number of thioether (sulfide) groups is 1. The lowest BCUT2D eigenvalue weighted by molar-refractivity contribution is -0.136. The van der Waals surface area contributed by atoms with Gasteiger partial charge in [0.1, 0.15) is 11.5 Å². The molecule has 0 saturated heterocycles. The summed E-state index contributed by atoms with van der Waals surface area (Å²) in [4.78, 5) is 23.9. The van der Waals surface area contributed by atoms with E-state index in [-0.39, 0.29) is 6.54 Å². The summed E-state index contributed by atoms with van der Waals surface area (Å²) in [6, 6.07) is 4.82. The number of rotatable bonds is 8. The number of anilines is 1. The van der Waals surface area contributed by atoms with E-state index in [4.69, 9.17) is 9.47 Å². The number of benzene rings is 1. The Balaban J connectivity index is 2.63. The summed E-state index contributed by atoms with van der Waals surface area (Å²) < 4.78 is 10.2. The Hall–Kier alpha value is -1.93. The van der Waals surface area contributed by atoms with Crippen molar-refractivity contribution in [1.82, 2.24) is 5.32 Å². The molecular weight excluding hydrogens is 332 g/mol. The third kappa shape index (κ3) is 6.29. The lowest BCUT2D eigenvalue weighted by atomic mass is 10.0. The number of carbonyl (C=O) groups is 2. The first-order chi connectivity index (χ1) is 11.3. The van der Waals surface area contributed by atoms with Gasteiger partial charge < -0.3 is 25.2 Å². The number of amides is 2. The molecule has 0 fully saturated rings. The number of nitrogens with one attached hydrogen (secondary N) is 2. The zero-order valence-electron chi connectivity index (χ0n) is 14.3. The number of hydrogen-bond acceptors (Lipinski definition) is 6. The predicted molar refractivity (Wildman–Crippen MR) is 94.8 cm³/mol. The molecule has 0 spiro atoms. The summed E-state index contributed by atoms with van der Waals surface area (Å²) in [6.07, 6.45) is 2.45. The van der Waals surface area contributed by atoms with Gasteiger partial charge in [0.2, 0.25) is 0 Å². The predicted octanol–water partition coefficient (Wildman–Crippen LogP) is 1.26. The second-order valence-corrected chi connectivity index (χ2v) is 6.43. The van der Waals surface area contributed by atoms with Gasteiger partial charge in [-0.1, -0.05) is 0 Å². The SMILES string of the molecule is COc1ccc(NC(=O)C(=O)NCC(C)(O)CCSC)c(OC)c1. The van der Waals surface area contributed by atoms with E-state index in [1.807, 2.05) is 6.26 Å². The maximum Gasteiger partial charge on any atom is 0.313 e. The van der Waals surface area contributed by atoms with Gasteiger partial charge >= 0.3 is 11.8 Å². The van der Waals surface area contributed by atoms with Crippen LogP contribution in [0.25, 0.3) is 0 Å². The van der Waals surface area contributed by atoms with Crippen molar-refractivity contribution in [2.75, 3.05) is 38.1 Å². The molecule has 0 saturated carbocycles. The van der Waals surface area contributed by atoms with Crippen molar-refractivity contribution in [3.05, 3.63) is 18.2 Å². The number of aliphatic hydroxyl groups is 1. The third-order valence-corrected chi connectivity index (χ3v) is 3.95. The zero-order chi connectivity index (χ0) is 18.2. The van der Waals surface area contributed by atoms with Gasteiger partial charge in [0.15, 0.2) is 0 Å². The first-order valence-electron chi connectivity index (χ1n) is 7.35. The molecule has 134 valence electrons. The van der Waals surface area contributed by atoms with Gasteiger partial charge in [-0.3, -0.25) is 9.59 Å². The largest absolute Gasteiger partial charge is 0.497 e. The smallest absolute Gasteiger partial charge is 0.313 e. The topological polar surface area (TPSA) is 96.9 Å². The molecule has 0 aliphatic rings. The van der Waals surface area contributed by atoms with E-state index in [1.165, 1.54) is 14.2 Å². The minimum absolute atomic E-state index is 0.000436. The van der Waals surface area contributed by atoms with Gasteiger partial charge in [0, 0.05) is 12.6 Å². The van der Waals surface area contributed by atoms with Crippen LogP contribution in [0.15, 0.2) is 18.2 Å². The highest BCUT2D eigenvalue weighted by Gasteiger charge is 2.23. The first-order valence-corrected chi connectivity index (χ1v) is 8.75. The Morgan fingerprint density at radius 2 is 1.96 bits per heavy atom. The van der Waals surface area contributed by atoms with Gasteiger partial charge in [-0.25, -0.2) is 0 Å². The highest BCUT2D eigenvalue weighted by atomic mass is 32.2. The van der Waals surface area contributed by atoms with E-state index in [1.54, 1.807) is 36.9 Å². The Kier molecular flexibility index (Phi) is 7.87. The maximum absolute atomic E-state index is 12.0. The molecule has 3 N–H and O–H groups in total. The number of carbonyl (C=O) groups excluding carboxylic acids is 2. The Morgan fingerprint density at radius 3 is 2.54 bits per heavy atom. The molecule has 24 heavy (non-hydrogen) atoms. The van der Waals surface area contributed by atoms with Gasteiger partial charge in [-0.05, 0) is 37.5 Å². The number of methoxy groups -OCH3 is 2. The van der Waals surface area contributed by atoms with Gasteiger partial charge in [-0.15, -0.1) is 0 Å². The summed E-state index contributed by atoms with van der Waals surface area (Å²) in [5.74, 6) is 0.0519. The quantitative estimate of drug-likeness (QED) is 0.607. The molecule has 0 aromatic heterocycles. The average molecular weight is 356 g/mol. The molecule has 0 heterocycles. The molecule has 1 aromatic carbocycles. The van der Waals surface area contributed by atoms with Crippen molar-refractivity contribution < 1.29 is 24.2 Å². The van der Waals surface area contributed by atoms with E-state index < -0.39 is 17.4 Å². The van der Waals surface area contributed by atoms with Crippen LogP contribution < -0.4 is 20.1 Å². The number of hydrogen-bond donors (Lipinski definition) is 3. The van der Waals surface area contributed by atoms with Crippen molar-refractivity contribution in [2.24, 2.45) is 0 Å². The van der Waals surface area contributed by atoms with Crippen LogP contribution in [0.5, 0.6) is 11.5 Å². The molecule has 1 atom stereocenters. The van der Waals surface area contributed by atoms with E-state index in [9.17, 15) is 14.7 Å². The first kappa shape index (κ1) is 20.1. The minimum atomic E-state index is -1.06. The van der Waals surface area contributed by atoms with Gasteiger partial charge in [0.25, 0.3) is 0 Å². The highest BCUT2D eigenvalue weighted by molar-refractivity contribution is 7.98. The van der Waals surface area contributed by atoms with E-state index in [0.29, 0.717) is 23.6 Å². The van der Waals surface area contributed by atoms with Gasteiger partial charge in [0.05, 0.1) is 25.5 Å². The molecule has 2 amide bonds. The van der Waals surface area contributed by atoms with Crippen molar-refractivity contribution in [1.29, 1.82) is 0 Å². The van der Waals surface area contributed by atoms with E-state index in [2.05, 4.69) is 10.6 Å². The Bertz CT molecular complexity index is 578. The van der Waals surface area contributed by atoms with Crippen LogP contribution in [0.4, 0.5) is 5.69 Å². The second kappa shape index (κ2) is 9.39. The molecule has 8 heteroatoms. The van der Waals surface area contributed by atoms with Crippen LogP contribution in [0, 0.1) is 0 Å².